The Labute approximate surface area is 98.9 Å². The van der Waals surface area contributed by atoms with Crippen molar-refractivity contribution in [2.24, 2.45) is 0 Å². The summed E-state index contributed by atoms with van der Waals surface area (Å²) in [4.78, 5) is 19.8. The number of nitrogens with zero attached hydrogens (tertiary/aromatic N) is 2. The van der Waals surface area contributed by atoms with Crippen LogP contribution in [0.25, 0.3) is 0 Å². The molecule has 0 aliphatic carbocycles. The fraction of sp³-hybridized carbons (Fsp3) is 0.0833. The molecule has 0 atom stereocenters. The number of carbonyl (C=O) groups excluding carboxylic acids is 1. The Balaban J connectivity index is 2.20. The van der Waals surface area contributed by atoms with Crippen LogP contribution in [0.2, 0.25) is 0 Å². The highest BCUT2D eigenvalue weighted by atomic mass is 16.1. The molecule has 0 saturated carbocycles. The van der Waals surface area contributed by atoms with E-state index in [0.717, 1.165) is 5.69 Å². The van der Waals surface area contributed by atoms with Crippen molar-refractivity contribution < 1.29 is 4.79 Å². The first-order valence-electron chi connectivity index (χ1n) is 5.14. The van der Waals surface area contributed by atoms with Crippen molar-refractivity contribution in [1.29, 1.82) is 0 Å². The highest BCUT2D eigenvalue weighted by Crippen LogP contribution is 2.14. The number of pyridine rings is 2. The number of carbonyl (C=O) groups is 1. The lowest BCUT2D eigenvalue weighted by atomic mass is 10.2. The minimum absolute atomic E-state index is 0.213. The first-order valence-corrected chi connectivity index (χ1v) is 5.14. The third-order valence-electron chi connectivity index (χ3n) is 2.25. The maximum absolute atomic E-state index is 12.0. The fourth-order valence-electron chi connectivity index (χ4n) is 1.43. The Kier molecular flexibility index (Phi) is 3.30. The third kappa shape index (κ3) is 2.57. The van der Waals surface area contributed by atoms with E-state index in [2.05, 4.69) is 20.6 Å². The Morgan fingerprint density at radius 2 is 2.00 bits per heavy atom. The van der Waals surface area contributed by atoms with Gasteiger partial charge in [-0.05, 0) is 18.2 Å². The van der Waals surface area contributed by atoms with Crippen LogP contribution in [0.5, 0.6) is 0 Å². The zero-order valence-electron chi connectivity index (χ0n) is 9.34. The quantitative estimate of drug-likeness (QED) is 0.840. The molecule has 0 aliphatic heterocycles. The predicted molar refractivity (Wildman–Crippen MR) is 66.0 cm³/mol. The first kappa shape index (κ1) is 11.1. The third-order valence-corrected chi connectivity index (χ3v) is 2.25. The van der Waals surface area contributed by atoms with Crippen LogP contribution < -0.4 is 10.6 Å². The molecule has 0 aliphatic rings. The minimum atomic E-state index is -0.213. The monoisotopic (exact) mass is 228 g/mol. The summed E-state index contributed by atoms with van der Waals surface area (Å²) in [6, 6.07) is 5.29. The molecule has 2 aromatic heterocycles. The number of hydrogen-bond acceptors (Lipinski definition) is 4. The number of aromatic nitrogens is 2. The standard InChI is InChI=1S/C12H12N4O/c1-13-11-4-6-15-8-10(11)12(17)16-9-3-2-5-14-7-9/h2-8H,1H3,(H,13,15)(H,16,17). The van der Waals surface area contributed by atoms with E-state index in [-0.39, 0.29) is 5.91 Å². The molecule has 5 nitrogen and oxygen atoms in total. The lowest BCUT2D eigenvalue weighted by molar-refractivity contribution is 0.102. The second-order valence-corrected chi connectivity index (χ2v) is 3.37. The van der Waals surface area contributed by atoms with Crippen molar-refractivity contribution >= 4 is 17.3 Å². The van der Waals surface area contributed by atoms with Gasteiger partial charge in [-0.15, -0.1) is 0 Å². The number of nitrogens with one attached hydrogen (secondary N) is 2. The molecule has 0 aromatic carbocycles. The smallest absolute Gasteiger partial charge is 0.259 e. The van der Waals surface area contributed by atoms with Crippen molar-refractivity contribution in [3.63, 3.8) is 0 Å². The molecule has 0 bridgehead atoms. The van der Waals surface area contributed by atoms with Crippen LogP contribution >= 0.6 is 0 Å². The van der Waals surface area contributed by atoms with Crippen LogP contribution in [-0.2, 0) is 0 Å². The Hall–Kier alpha value is -2.43. The molecule has 2 rings (SSSR count). The van der Waals surface area contributed by atoms with Crippen LogP contribution in [0.15, 0.2) is 43.0 Å². The topological polar surface area (TPSA) is 66.9 Å². The van der Waals surface area contributed by atoms with Crippen LogP contribution in [-0.4, -0.2) is 22.9 Å². The van der Waals surface area contributed by atoms with Crippen LogP contribution in [0.4, 0.5) is 11.4 Å². The van der Waals surface area contributed by atoms with Gasteiger partial charge in [-0.25, -0.2) is 0 Å². The van der Waals surface area contributed by atoms with Gasteiger partial charge in [0.05, 0.1) is 17.4 Å². The number of rotatable bonds is 3. The maximum atomic E-state index is 12.0. The van der Waals surface area contributed by atoms with Gasteiger partial charge < -0.3 is 10.6 Å². The van der Waals surface area contributed by atoms with Crippen LogP contribution in [0, 0.1) is 0 Å². The van der Waals surface area contributed by atoms with Crippen molar-refractivity contribution in [3.05, 3.63) is 48.5 Å². The van der Waals surface area contributed by atoms with Gasteiger partial charge in [-0.1, -0.05) is 0 Å². The molecule has 86 valence electrons. The molecule has 2 N–H and O–H groups in total. The largest absolute Gasteiger partial charge is 0.387 e. The summed E-state index contributed by atoms with van der Waals surface area (Å²) in [5, 5.41) is 5.70. The molecule has 0 spiro atoms. The number of hydrogen-bond donors (Lipinski definition) is 2. The SMILES string of the molecule is CNc1ccncc1C(=O)Nc1cccnc1. The van der Waals surface area contributed by atoms with Gasteiger partial charge in [-0.3, -0.25) is 14.8 Å². The Morgan fingerprint density at radius 3 is 2.71 bits per heavy atom. The van der Waals surface area contributed by atoms with Crippen molar-refractivity contribution in [1.82, 2.24) is 9.97 Å². The van der Waals surface area contributed by atoms with Crippen molar-refractivity contribution in [2.75, 3.05) is 17.7 Å². The van der Waals surface area contributed by atoms with E-state index >= 15 is 0 Å². The Bertz CT molecular complexity index is 513. The second kappa shape index (κ2) is 5.07. The van der Waals surface area contributed by atoms with E-state index in [1.807, 2.05) is 0 Å². The van der Waals surface area contributed by atoms with Gasteiger partial charge >= 0.3 is 0 Å². The molecule has 2 heterocycles. The summed E-state index contributed by atoms with van der Waals surface area (Å²) in [5.74, 6) is -0.213. The van der Waals surface area contributed by atoms with Gasteiger partial charge in [0, 0.05) is 31.3 Å². The van der Waals surface area contributed by atoms with Crippen LogP contribution in [0.3, 0.4) is 0 Å². The molecule has 0 saturated heterocycles. The molecule has 0 unspecified atom stereocenters. The molecule has 17 heavy (non-hydrogen) atoms. The predicted octanol–water partition coefficient (Wildman–Crippen LogP) is 1.77. The zero-order valence-corrected chi connectivity index (χ0v) is 9.34. The summed E-state index contributed by atoms with van der Waals surface area (Å²) < 4.78 is 0. The molecule has 0 fully saturated rings. The zero-order chi connectivity index (χ0) is 12.1. The highest BCUT2D eigenvalue weighted by molar-refractivity contribution is 6.07. The molecule has 0 radical (unpaired) electrons. The molecule has 5 heteroatoms. The van der Waals surface area contributed by atoms with Gasteiger partial charge in [0.1, 0.15) is 0 Å². The lowest BCUT2D eigenvalue weighted by Crippen LogP contribution is -2.14. The average molecular weight is 228 g/mol. The van der Waals surface area contributed by atoms with E-state index in [9.17, 15) is 4.79 Å². The first-order chi connectivity index (χ1) is 8.31. The van der Waals surface area contributed by atoms with E-state index < -0.39 is 0 Å². The van der Waals surface area contributed by atoms with Gasteiger partial charge in [0.25, 0.3) is 5.91 Å². The highest BCUT2D eigenvalue weighted by Gasteiger charge is 2.10. The second-order valence-electron chi connectivity index (χ2n) is 3.37. The minimum Gasteiger partial charge on any atom is -0.387 e. The summed E-state index contributed by atoms with van der Waals surface area (Å²) in [6.07, 6.45) is 6.40. The number of amides is 1. The lowest BCUT2D eigenvalue weighted by Gasteiger charge is -2.08. The summed E-state index contributed by atoms with van der Waals surface area (Å²) >= 11 is 0. The van der Waals surface area contributed by atoms with Crippen molar-refractivity contribution in [3.8, 4) is 0 Å². The average Bonchev–Trinajstić information content (AvgIpc) is 2.40. The molecule has 2 aromatic rings. The van der Waals surface area contributed by atoms with E-state index in [4.69, 9.17) is 0 Å². The fourth-order valence-corrected chi connectivity index (χ4v) is 1.43. The summed E-state index contributed by atoms with van der Waals surface area (Å²) in [6.45, 7) is 0. The van der Waals surface area contributed by atoms with Gasteiger partial charge in [0.15, 0.2) is 0 Å². The van der Waals surface area contributed by atoms with Gasteiger partial charge in [0.2, 0.25) is 0 Å². The molecular formula is C12H12N4O. The number of anilines is 2. The van der Waals surface area contributed by atoms with E-state index in [0.29, 0.717) is 11.3 Å². The van der Waals surface area contributed by atoms with E-state index in [1.165, 1.54) is 6.20 Å². The summed E-state index contributed by atoms with van der Waals surface area (Å²) in [7, 11) is 1.76. The van der Waals surface area contributed by atoms with Gasteiger partial charge in [-0.2, -0.15) is 0 Å². The van der Waals surface area contributed by atoms with Crippen LogP contribution in [0.1, 0.15) is 10.4 Å². The van der Waals surface area contributed by atoms with Crippen molar-refractivity contribution in [2.45, 2.75) is 0 Å². The Morgan fingerprint density at radius 1 is 1.18 bits per heavy atom. The molecular weight excluding hydrogens is 216 g/mol. The normalized spacial score (nSPS) is 9.71. The van der Waals surface area contributed by atoms with E-state index in [1.54, 1.807) is 43.8 Å². The summed E-state index contributed by atoms with van der Waals surface area (Å²) in [5.41, 5.74) is 1.89. The maximum Gasteiger partial charge on any atom is 0.259 e. The molecule has 1 amide bonds.